The highest BCUT2D eigenvalue weighted by atomic mass is 127. The minimum absolute atomic E-state index is 0.0307. The quantitative estimate of drug-likeness (QED) is 0.841. The van der Waals surface area contributed by atoms with Crippen molar-refractivity contribution in [1.82, 2.24) is 15.1 Å². The minimum Gasteiger partial charge on any atom is -0.352 e. The molecule has 0 aromatic carbocycles. The highest BCUT2D eigenvalue weighted by molar-refractivity contribution is 14.1. The zero-order valence-electron chi connectivity index (χ0n) is 9.03. The fourth-order valence-electron chi connectivity index (χ4n) is 1.34. The van der Waals surface area contributed by atoms with Crippen molar-refractivity contribution in [2.75, 3.05) is 0 Å². The third kappa shape index (κ3) is 4.19. The van der Waals surface area contributed by atoms with E-state index in [0.717, 1.165) is 16.4 Å². The first-order chi connectivity index (χ1) is 7.15. The van der Waals surface area contributed by atoms with Gasteiger partial charge in [-0.2, -0.15) is 5.10 Å². The number of nitrogens with one attached hydrogen (secondary N) is 1. The van der Waals surface area contributed by atoms with Crippen molar-refractivity contribution in [2.24, 2.45) is 0 Å². The number of amides is 1. The molecule has 15 heavy (non-hydrogen) atoms. The Morgan fingerprint density at radius 3 is 2.73 bits per heavy atom. The second kappa shape index (κ2) is 6.09. The summed E-state index contributed by atoms with van der Waals surface area (Å²) < 4.78 is 2.70. The highest BCUT2D eigenvalue weighted by Crippen LogP contribution is 2.01. The lowest BCUT2D eigenvalue weighted by Crippen LogP contribution is -2.36. The third-order valence-electron chi connectivity index (χ3n) is 2.26. The number of hydrogen-bond acceptors (Lipinski definition) is 2. The Kier molecular flexibility index (Phi) is 5.07. The highest BCUT2D eigenvalue weighted by Gasteiger charge is 2.08. The maximum Gasteiger partial charge on any atom is 0.241 e. The van der Waals surface area contributed by atoms with Gasteiger partial charge in [0.05, 0.1) is 9.77 Å². The van der Waals surface area contributed by atoms with Crippen molar-refractivity contribution in [1.29, 1.82) is 0 Å². The minimum atomic E-state index is 0.0307. The zero-order valence-corrected chi connectivity index (χ0v) is 11.2. The molecule has 5 heteroatoms. The van der Waals surface area contributed by atoms with E-state index < -0.39 is 0 Å². The van der Waals surface area contributed by atoms with Gasteiger partial charge in [-0.25, -0.2) is 0 Å². The van der Waals surface area contributed by atoms with Gasteiger partial charge >= 0.3 is 0 Å². The Labute approximate surface area is 104 Å². The number of halogens is 1. The average molecular weight is 321 g/mol. The van der Waals surface area contributed by atoms with Gasteiger partial charge < -0.3 is 5.32 Å². The third-order valence-corrected chi connectivity index (χ3v) is 2.82. The summed E-state index contributed by atoms with van der Waals surface area (Å²) in [6.07, 6.45) is 5.54. The van der Waals surface area contributed by atoms with Gasteiger partial charge in [-0.05, 0) is 35.4 Å². The molecular weight excluding hydrogens is 305 g/mol. The predicted molar refractivity (Wildman–Crippen MR) is 67.5 cm³/mol. The van der Waals surface area contributed by atoms with Crippen LogP contribution in [0.4, 0.5) is 0 Å². The number of aromatic nitrogens is 2. The van der Waals surface area contributed by atoms with Crippen LogP contribution in [-0.4, -0.2) is 21.7 Å². The largest absolute Gasteiger partial charge is 0.352 e. The molecule has 0 aliphatic rings. The Morgan fingerprint density at radius 1 is 1.60 bits per heavy atom. The first-order valence-corrected chi connectivity index (χ1v) is 6.20. The van der Waals surface area contributed by atoms with E-state index in [9.17, 15) is 4.79 Å². The Morgan fingerprint density at radius 2 is 2.27 bits per heavy atom. The fourth-order valence-corrected chi connectivity index (χ4v) is 1.78. The standard InChI is InChI=1S/C10H16IN3O/c1-3-9(4-2)13-10(15)7-14-6-8(11)5-12-14/h5-6,9H,3-4,7H2,1-2H3,(H,13,15). The summed E-state index contributed by atoms with van der Waals surface area (Å²) in [6.45, 7) is 4.45. The Hall–Kier alpha value is -0.590. The summed E-state index contributed by atoms with van der Waals surface area (Å²) in [5.41, 5.74) is 0. The van der Waals surface area contributed by atoms with Crippen LogP contribution in [0.3, 0.4) is 0 Å². The van der Waals surface area contributed by atoms with Gasteiger partial charge in [0.2, 0.25) is 5.91 Å². The topological polar surface area (TPSA) is 46.9 Å². The van der Waals surface area contributed by atoms with Crippen LogP contribution in [0.5, 0.6) is 0 Å². The molecule has 0 atom stereocenters. The summed E-state index contributed by atoms with van der Waals surface area (Å²) in [5, 5.41) is 7.03. The fraction of sp³-hybridized carbons (Fsp3) is 0.600. The van der Waals surface area contributed by atoms with Gasteiger partial charge in [-0.3, -0.25) is 9.48 Å². The van der Waals surface area contributed by atoms with Crippen molar-refractivity contribution >= 4 is 28.5 Å². The molecule has 1 amide bonds. The molecule has 1 aromatic rings. The van der Waals surface area contributed by atoms with Crippen LogP contribution in [0.1, 0.15) is 26.7 Å². The van der Waals surface area contributed by atoms with Crippen LogP contribution >= 0.6 is 22.6 Å². The van der Waals surface area contributed by atoms with Gasteiger partial charge in [0.15, 0.2) is 0 Å². The van der Waals surface area contributed by atoms with Crippen LogP contribution in [0, 0.1) is 3.57 Å². The monoisotopic (exact) mass is 321 g/mol. The van der Waals surface area contributed by atoms with Gasteiger partial charge in [0.25, 0.3) is 0 Å². The normalized spacial score (nSPS) is 10.7. The smallest absolute Gasteiger partial charge is 0.241 e. The molecule has 0 spiro atoms. The number of nitrogens with zero attached hydrogens (tertiary/aromatic N) is 2. The van der Waals surface area contributed by atoms with Gasteiger partial charge in [-0.1, -0.05) is 13.8 Å². The molecule has 84 valence electrons. The molecule has 1 N–H and O–H groups in total. The van der Waals surface area contributed by atoms with E-state index in [0.29, 0.717) is 6.54 Å². The second-order valence-electron chi connectivity index (χ2n) is 3.44. The lowest BCUT2D eigenvalue weighted by atomic mass is 10.2. The van der Waals surface area contributed by atoms with Crippen LogP contribution in [0.25, 0.3) is 0 Å². The average Bonchev–Trinajstić information content (AvgIpc) is 2.60. The molecule has 4 nitrogen and oxygen atoms in total. The molecule has 0 bridgehead atoms. The number of hydrogen-bond donors (Lipinski definition) is 1. The van der Waals surface area contributed by atoms with Crippen LogP contribution in [0.2, 0.25) is 0 Å². The Balaban J connectivity index is 2.42. The van der Waals surface area contributed by atoms with Gasteiger partial charge in [0.1, 0.15) is 6.54 Å². The first kappa shape index (κ1) is 12.5. The summed E-state index contributed by atoms with van der Waals surface area (Å²) >= 11 is 2.17. The SMILES string of the molecule is CCC(CC)NC(=O)Cn1cc(I)cn1. The van der Waals surface area contributed by atoms with E-state index in [-0.39, 0.29) is 11.9 Å². The van der Waals surface area contributed by atoms with Crippen molar-refractivity contribution in [3.63, 3.8) is 0 Å². The number of rotatable bonds is 5. The molecule has 0 aliphatic heterocycles. The molecule has 0 radical (unpaired) electrons. The van der Waals surface area contributed by atoms with Crippen LogP contribution in [0.15, 0.2) is 12.4 Å². The van der Waals surface area contributed by atoms with Gasteiger partial charge in [-0.15, -0.1) is 0 Å². The van der Waals surface area contributed by atoms with Crippen LogP contribution in [-0.2, 0) is 11.3 Å². The van der Waals surface area contributed by atoms with E-state index in [4.69, 9.17) is 0 Å². The summed E-state index contributed by atoms with van der Waals surface area (Å²) in [4.78, 5) is 11.6. The summed E-state index contributed by atoms with van der Waals surface area (Å²) in [6, 6.07) is 0.284. The van der Waals surface area contributed by atoms with E-state index in [1.165, 1.54) is 0 Å². The molecule has 1 rings (SSSR count). The van der Waals surface area contributed by atoms with Crippen molar-refractivity contribution in [3.05, 3.63) is 16.0 Å². The van der Waals surface area contributed by atoms with E-state index in [2.05, 4.69) is 46.9 Å². The maximum absolute atomic E-state index is 11.6. The molecule has 1 heterocycles. The van der Waals surface area contributed by atoms with E-state index in [1.54, 1.807) is 10.9 Å². The zero-order chi connectivity index (χ0) is 11.3. The lowest BCUT2D eigenvalue weighted by Gasteiger charge is -2.14. The number of carbonyl (C=O) groups is 1. The molecule has 0 saturated carbocycles. The van der Waals surface area contributed by atoms with E-state index in [1.807, 2.05) is 6.20 Å². The summed E-state index contributed by atoms with van der Waals surface area (Å²) in [7, 11) is 0. The molecule has 0 aliphatic carbocycles. The molecule has 0 saturated heterocycles. The predicted octanol–water partition coefficient (Wildman–Crippen LogP) is 1.79. The van der Waals surface area contributed by atoms with Crippen molar-refractivity contribution in [2.45, 2.75) is 39.3 Å². The molecule has 0 unspecified atom stereocenters. The van der Waals surface area contributed by atoms with Gasteiger partial charge in [0, 0.05) is 12.2 Å². The maximum atomic E-state index is 11.6. The molecular formula is C10H16IN3O. The van der Waals surface area contributed by atoms with Crippen molar-refractivity contribution < 1.29 is 4.79 Å². The van der Waals surface area contributed by atoms with E-state index >= 15 is 0 Å². The van der Waals surface area contributed by atoms with Crippen LogP contribution < -0.4 is 5.32 Å². The summed E-state index contributed by atoms with van der Waals surface area (Å²) in [5.74, 6) is 0.0307. The molecule has 0 fully saturated rings. The van der Waals surface area contributed by atoms with Crippen molar-refractivity contribution in [3.8, 4) is 0 Å². The first-order valence-electron chi connectivity index (χ1n) is 5.13. The second-order valence-corrected chi connectivity index (χ2v) is 4.68. The Bertz CT molecular complexity index is 320. The lowest BCUT2D eigenvalue weighted by molar-refractivity contribution is -0.122. The molecule has 1 aromatic heterocycles. The number of carbonyl (C=O) groups excluding carboxylic acids is 1.